The van der Waals surface area contributed by atoms with Crippen molar-refractivity contribution in [2.24, 2.45) is 0 Å². The van der Waals surface area contributed by atoms with Crippen molar-refractivity contribution in [1.82, 2.24) is 5.32 Å². The third kappa shape index (κ3) is 4.47. The minimum absolute atomic E-state index is 0.160. The second-order valence-corrected chi connectivity index (χ2v) is 5.76. The monoisotopic (exact) mass is 338 g/mol. The van der Waals surface area contributed by atoms with Crippen LogP contribution in [0.5, 0.6) is 5.75 Å². The molecule has 0 saturated heterocycles. The molecule has 0 bridgehead atoms. The zero-order valence-corrected chi connectivity index (χ0v) is 13.5. The van der Waals surface area contributed by atoms with E-state index in [0.29, 0.717) is 21.3 Å². The number of thiophene rings is 1. The van der Waals surface area contributed by atoms with E-state index in [-0.39, 0.29) is 24.8 Å². The van der Waals surface area contributed by atoms with Gasteiger partial charge in [-0.3, -0.25) is 9.59 Å². The van der Waals surface area contributed by atoms with Crippen molar-refractivity contribution >= 4 is 40.4 Å². The average Bonchev–Trinajstić information content (AvgIpc) is 3.01. The number of ether oxygens (including phenoxy) is 1. The molecule has 2 aromatic rings. The molecule has 2 rings (SSSR count). The van der Waals surface area contributed by atoms with Crippen molar-refractivity contribution in [2.75, 3.05) is 19.0 Å². The standard InChI is InChI=1S/C15H15ClN2O3S/c1-21-12-5-4-10(16)9-11(12)18-14(19)6-7-17-15(20)13-3-2-8-22-13/h2-5,8-9H,6-7H2,1H3,(H,17,20)(H,18,19). The van der Waals surface area contributed by atoms with Crippen LogP contribution in [0.3, 0.4) is 0 Å². The van der Waals surface area contributed by atoms with E-state index in [4.69, 9.17) is 16.3 Å². The highest BCUT2D eigenvalue weighted by Gasteiger charge is 2.10. The minimum Gasteiger partial charge on any atom is -0.495 e. The van der Waals surface area contributed by atoms with Gasteiger partial charge in [0, 0.05) is 18.0 Å². The molecule has 0 radical (unpaired) electrons. The average molecular weight is 339 g/mol. The van der Waals surface area contributed by atoms with Crippen LogP contribution < -0.4 is 15.4 Å². The summed E-state index contributed by atoms with van der Waals surface area (Å²) in [5, 5.41) is 7.74. The van der Waals surface area contributed by atoms with E-state index in [0.717, 1.165) is 0 Å². The van der Waals surface area contributed by atoms with Gasteiger partial charge in [0.05, 0.1) is 17.7 Å². The van der Waals surface area contributed by atoms with Gasteiger partial charge in [-0.15, -0.1) is 11.3 Å². The molecule has 22 heavy (non-hydrogen) atoms. The number of halogens is 1. The Bertz CT molecular complexity index is 659. The maximum atomic E-state index is 11.9. The number of carbonyl (C=O) groups is 2. The smallest absolute Gasteiger partial charge is 0.261 e. The molecule has 0 fully saturated rings. The zero-order valence-electron chi connectivity index (χ0n) is 11.9. The first-order valence-corrected chi connectivity index (χ1v) is 7.81. The van der Waals surface area contributed by atoms with E-state index in [1.54, 1.807) is 30.3 Å². The molecule has 1 aromatic heterocycles. The third-order valence-corrected chi connectivity index (χ3v) is 3.92. The largest absolute Gasteiger partial charge is 0.495 e. The fourth-order valence-corrected chi connectivity index (χ4v) is 2.59. The number of nitrogens with one attached hydrogen (secondary N) is 2. The molecule has 0 atom stereocenters. The molecule has 0 aliphatic rings. The second-order valence-electron chi connectivity index (χ2n) is 4.38. The summed E-state index contributed by atoms with van der Waals surface area (Å²) in [6, 6.07) is 8.50. The third-order valence-electron chi connectivity index (χ3n) is 2.82. The van der Waals surface area contributed by atoms with Crippen LogP contribution in [-0.4, -0.2) is 25.5 Å². The topological polar surface area (TPSA) is 67.4 Å². The van der Waals surface area contributed by atoms with Gasteiger partial charge in [0.2, 0.25) is 5.91 Å². The highest BCUT2D eigenvalue weighted by atomic mass is 35.5. The number of hydrogen-bond acceptors (Lipinski definition) is 4. The Labute approximate surface area is 137 Å². The van der Waals surface area contributed by atoms with Gasteiger partial charge < -0.3 is 15.4 Å². The van der Waals surface area contributed by atoms with Crippen molar-refractivity contribution in [3.05, 3.63) is 45.6 Å². The van der Waals surface area contributed by atoms with Gasteiger partial charge >= 0.3 is 0 Å². The number of anilines is 1. The molecular weight excluding hydrogens is 324 g/mol. The van der Waals surface area contributed by atoms with Crippen LogP contribution >= 0.6 is 22.9 Å². The van der Waals surface area contributed by atoms with Crippen LogP contribution in [0.1, 0.15) is 16.1 Å². The number of amides is 2. The number of carbonyl (C=O) groups excluding carboxylic acids is 2. The van der Waals surface area contributed by atoms with Crippen LogP contribution in [0.2, 0.25) is 5.02 Å². The summed E-state index contributed by atoms with van der Waals surface area (Å²) < 4.78 is 5.15. The first-order chi connectivity index (χ1) is 10.6. The van der Waals surface area contributed by atoms with Crippen molar-refractivity contribution in [3.8, 4) is 5.75 Å². The predicted octanol–water partition coefficient (Wildman–Crippen LogP) is 3.17. The van der Waals surface area contributed by atoms with Crippen molar-refractivity contribution in [2.45, 2.75) is 6.42 Å². The molecule has 5 nitrogen and oxygen atoms in total. The van der Waals surface area contributed by atoms with Crippen molar-refractivity contribution < 1.29 is 14.3 Å². The summed E-state index contributed by atoms with van der Waals surface area (Å²) >= 11 is 7.25. The van der Waals surface area contributed by atoms with E-state index >= 15 is 0 Å². The molecule has 7 heteroatoms. The lowest BCUT2D eigenvalue weighted by molar-refractivity contribution is -0.116. The molecule has 1 aromatic carbocycles. The first-order valence-electron chi connectivity index (χ1n) is 6.55. The normalized spacial score (nSPS) is 10.1. The van der Waals surface area contributed by atoms with Gasteiger partial charge in [-0.25, -0.2) is 0 Å². The van der Waals surface area contributed by atoms with Crippen LogP contribution in [0.15, 0.2) is 35.7 Å². The summed E-state index contributed by atoms with van der Waals surface area (Å²) in [4.78, 5) is 24.2. The molecule has 1 heterocycles. The fourth-order valence-electron chi connectivity index (χ4n) is 1.78. The van der Waals surface area contributed by atoms with E-state index < -0.39 is 0 Å². The SMILES string of the molecule is COc1ccc(Cl)cc1NC(=O)CCNC(=O)c1cccs1. The van der Waals surface area contributed by atoms with Gasteiger partial charge in [0.1, 0.15) is 5.75 Å². The quantitative estimate of drug-likeness (QED) is 0.850. The number of rotatable bonds is 6. The number of benzene rings is 1. The minimum atomic E-state index is -0.230. The van der Waals surface area contributed by atoms with Gasteiger partial charge in [-0.1, -0.05) is 17.7 Å². The Hall–Kier alpha value is -2.05. The molecule has 0 spiro atoms. The van der Waals surface area contributed by atoms with E-state index in [9.17, 15) is 9.59 Å². The van der Waals surface area contributed by atoms with Gasteiger partial charge in [-0.2, -0.15) is 0 Å². The molecule has 0 aliphatic heterocycles. The van der Waals surface area contributed by atoms with E-state index in [1.165, 1.54) is 18.4 Å². The maximum Gasteiger partial charge on any atom is 0.261 e. The van der Waals surface area contributed by atoms with Crippen LogP contribution in [-0.2, 0) is 4.79 Å². The second kappa shape index (κ2) is 7.82. The van der Waals surface area contributed by atoms with Gasteiger partial charge in [0.15, 0.2) is 0 Å². The van der Waals surface area contributed by atoms with Crippen LogP contribution in [0, 0.1) is 0 Å². The lowest BCUT2D eigenvalue weighted by atomic mass is 10.2. The van der Waals surface area contributed by atoms with E-state index in [2.05, 4.69) is 10.6 Å². The molecule has 0 aliphatic carbocycles. The van der Waals surface area contributed by atoms with Crippen molar-refractivity contribution in [1.29, 1.82) is 0 Å². The summed E-state index contributed by atoms with van der Waals surface area (Å²) in [5.74, 6) is 0.121. The summed E-state index contributed by atoms with van der Waals surface area (Å²) in [7, 11) is 1.51. The Morgan fingerprint density at radius 3 is 2.82 bits per heavy atom. The molecular formula is C15H15ClN2O3S. The summed E-state index contributed by atoms with van der Waals surface area (Å²) in [6.07, 6.45) is 0.160. The number of hydrogen-bond donors (Lipinski definition) is 2. The van der Waals surface area contributed by atoms with E-state index in [1.807, 2.05) is 5.38 Å². The summed E-state index contributed by atoms with van der Waals surface area (Å²) in [5.41, 5.74) is 0.504. The van der Waals surface area contributed by atoms with Gasteiger partial charge in [-0.05, 0) is 29.6 Å². The fraction of sp³-hybridized carbons (Fsp3) is 0.200. The molecule has 2 amide bonds. The summed E-state index contributed by atoms with van der Waals surface area (Å²) in [6.45, 7) is 0.255. The zero-order chi connectivity index (χ0) is 15.9. The van der Waals surface area contributed by atoms with Crippen LogP contribution in [0.25, 0.3) is 0 Å². The molecule has 0 unspecified atom stereocenters. The number of methoxy groups -OCH3 is 1. The molecule has 0 saturated carbocycles. The van der Waals surface area contributed by atoms with Crippen LogP contribution in [0.4, 0.5) is 5.69 Å². The maximum absolute atomic E-state index is 11.9. The Morgan fingerprint density at radius 1 is 1.32 bits per heavy atom. The first kappa shape index (κ1) is 16.3. The Balaban J connectivity index is 1.83. The Morgan fingerprint density at radius 2 is 2.14 bits per heavy atom. The molecule has 2 N–H and O–H groups in total. The predicted molar refractivity (Wildman–Crippen MR) is 87.9 cm³/mol. The molecule has 116 valence electrons. The lowest BCUT2D eigenvalue weighted by Crippen LogP contribution is -2.27. The highest BCUT2D eigenvalue weighted by molar-refractivity contribution is 7.12. The highest BCUT2D eigenvalue weighted by Crippen LogP contribution is 2.27. The van der Waals surface area contributed by atoms with Crippen molar-refractivity contribution in [3.63, 3.8) is 0 Å². The van der Waals surface area contributed by atoms with Gasteiger partial charge in [0.25, 0.3) is 5.91 Å². The Kier molecular flexibility index (Phi) is 5.80. The lowest BCUT2D eigenvalue weighted by Gasteiger charge is -2.10.